The van der Waals surface area contributed by atoms with Crippen LogP contribution in [-0.2, 0) is 11.2 Å². The maximum atomic E-state index is 13.1. The Morgan fingerprint density at radius 1 is 1.18 bits per heavy atom. The molecule has 0 spiro atoms. The van der Waals surface area contributed by atoms with Gasteiger partial charge in [-0.25, -0.2) is 9.37 Å². The lowest BCUT2D eigenvalue weighted by atomic mass is 9.88. The van der Waals surface area contributed by atoms with E-state index in [2.05, 4.69) is 26.1 Å². The van der Waals surface area contributed by atoms with Gasteiger partial charge in [0.25, 0.3) is 0 Å². The number of hydrogen-bond acceptors (Lipinski definition) is 5. The van der Waals surface area contributed by atoms with Crippen molar-refractivity contribution in [2.24, 2.45) is 5.92 Å². The first-order valence-electron chi connectivity index (χ1n) is 10.2. The van der Waals surface area contributed by atoms with Gasteiger partial charge < -0.3 is 9.80 Å². The van der Waals surface area contributed by atoms with Crippen LogP contribution in [0, 0.1) is 11.7 Å². The Balaban J connectivity index is 1.35. The molecule has 150 valence electrons. The molecule has 2 aliphatic rings. The van der Waals surface area contributed by atoms with E-state index in [1.54, 1.807) is 12.1 Å². The molecule has 2 heterocycles. The van der Waals surface area contributed by atoms with Crippen LogP contribution in [0.25, 0.3) is 0 Å². The maximum absolute atomic E-state index is 13.1. The van der Waals surface area contributed by atoms with E-state index in [9.17, 15) is 9.18 Å². The zero-order valence-electron chi connectivity index (χ0n) is 16.3. The number of carbonyl (C=O) groups excluding carboxylic acids is 1. The fourth-order valence-electron chi connectivity index (χ4n) is 4.27. The van der Waals surface area contributed by atoms with Crippen LogP contribution in [0.2, 0.25) is 0 Å². The molecule has 1 amide bonds. The van der Waals surface area contributed by atoms with E-state index in [4.69, 9.17) is 0 Å². The molecule has 2 fully saturated rings. The van der Waals surface area contributed by atoms with E-state index in [-0.39, 0.29) is 17.8 Å². The van der Waals surface area contributed by atoms with Crippen molar-refractivity contribution < 1.29 is 9.18 Å². The Hall–Kier alpha value is -2.02. The number of hydrogen-bond donors (Lipinski definition) is 0. The summed E-state index contributed by atoms with van der Waals surface area (Å²) >= 11 is 1.41. The first-order chi connectivity index (χ1) is 13.6. The van der Waals surface area contributed by atoms with E-state index in [1.807, 2.05) is 0 Å². The van der Waals surface area contributed by atoms with E-state index >= 15 is 0 Å². The third-order valence-corrected chi connectivity index (χ3v) is 6.68. The van der Waals surface area contributed by atoms with Gasteiger partial charge in [-0.2, -0.15) is 4.37 Å². The Morgan fingerprint density at radius 3 is 2.64 bits per heavy atom. The number of rotatable bonds is 4. The zero-order chi connectivity index (χ0) is 19.5. The molecule has 0 radical (unpaired) electrons. The second-order valence-corrected chi connectivity index (χ2v) is 8.69. The van der Waals surface area contributed by atoms with Crippen molar-refractivity contribution in [1.82, 2.24) is 14.3 Å². The summed E-state index contributed by atoms with van der Waals surface area (Å²) in [7, 11) is 0. The maximum Gasteiger partial charge on any atom is 0.226 e. The molecule has 2 aromatic rings. The highest BCUT2D eigenvalue weighted by atomic mass is 32.1. The highest BCUT2D eigenvalue weighted by Gasteiger charge is 2.33. The van der Waals surface area contributed by atoms with Gasteiger partial charge in [0.2, 0.25) is 11.0 Å². The second-order valence-electron chi connectivity index (χ2n) is 7.96. The Morgan fingerprint density at radius 2 is 1.93 bits per heavy atom. The summed E-state index contributed by atoms with van der Waals surface area (Å²) in [5.74, 6) is 1.11. The highest BCUT2D eigenvalue weighted by Crippen LogP contribution is 2.28. The summed E-state index contributed by atoms with van der Waals surface area (Å²) in [4.78, 5) is 21.9. The van der Waals surface area contributed by atoms with Gasteiger partial charge in [-0.1, -0.05) is 31.4 Å². The summed E-state index contributed by atoms with van der Waals surface area (Å²) in [6.45, 7) is 4.48. The molecule has 0 bridgehead atoms. The summed E-state index contributed by atoms with van der Waals surface area (Å²) < 4.78 is 17.5. The van der Waals surface area contributed by atoms with Gasteiger partial charge in [-0.3, -0.25) is 4.79 Å². The summed E-state index contributed by atoms with van der Waals surface area (Å²) in [5.41, 5.74) is 1.00. The summed E-state index contributed by atoms with van der Waals surface area (Å²) in [5, 5.41) is 0.911. The molecular formula is C21H27FN4OS. The Labute approximate surface area is 169 Å². The molecule has 1 atom stereocenters. The van der Waals surface area contributed by atoms with Gasteiger partial charge >= 0.3 is 0 Å². The van der Waals surface area contributed by atoms with Crippen LogP contribution in [0.3, 0.4) is 0 Å². The Kier molecular flexibility index (Phi) is 5.90. The number of benzene rings is 1. The van der Waals surface area contributed by atoms with Gasteiger partial charge in [-0.05, 0) is 37.5 Å². The van der Waals surface area contributed by atoms with Crippen LogP contribution >= 0.6 is 11.5 Å². The molecule has 0 unspecified atom stereocenters. The second kappa shape index (κ2) is 8.55. The minimum Gasteiger partial charge on any atom is -0.343 e. The third kappa shape index (κ3) is 4.35. The molecule has 1 aliphatic carbocycles. The molecule has 4 rings (SSSR count). The summed E-state index contributed by atoms with van der Waals surface area (Å²) in [6, 6.07) is 6.66. The van der Waals surface area contributed by atoms with Crippen molar-refractivity contribution in [3.63, 3.8) is 0 Å². The van der Waals surface area contributed by atoms with Gasteiger partial charge in [-0.15, -0.1) is 0 Å². The number of carbonyl (C=O) groups is 1. The van der Waals surface area contributed by atoms with Crippen molar-refractivity contribution in [1.29, 1.82) is 0 Å². The van der Waals surface area contributed by atoms with Gasteiger partial charge in [0.05, 0.1) is 0 Å². The van der Waals surface area contributed by atoms with Crippen molar-refractivity contribution in [2.45, 2.75) is 51.5 Å². The van der Waals surface area contributed by atoms with Crippen molar-refractivity contribution in [2.75, 3.05) is 24.5 Å². The van der Waals surface area contributed by atoms with Crippen molar-refractivity contribution in [3.05, 3.63) is 41.5 Å². The molecule has 1 aliphatic heterocycles. The van der Waals surface area contributed by atoms with Gasteiger partial charge in [0.1, 0.15) is 11.6 Å². The molecule has 7 heteroatoms. The number of anilines is 1. The lowest BCUT2D eigenvalue weighted by molar-refractivity contribution is -0.139. The molecule has 28 heavy (non-hydrogen) atoms. The molecule has 1 aromatic heterocycles. The predicted molar refractivity (Wildman–Crippen MR) is 109 cm³/mol. The minimum atomic E-state index is -0.231. The van der Waals surface area contributed by atoms with Crippen LogP contribution in [0.15, 0.2) is 24.3 Å². The SMILES string of the molecule is C[C@H]1CN(c2nc(Cc3ccc(F)cc3)ns2)CCN1C(=O)C1CCCCC1. The predicted octanol–water partition coefficient (Wildman–Crippen LogP) is 3.89. The fraction of sp³-hybridized carbons (Fsp3) is 0.571. The number of nitrogens with zero attached hydrogens (tertiary/aromatic N) is 4. The van der Waals surface area contributed by atoms with Gasteiger partial charge in [0.15, 0.2) is 0 Å². The molecule has 5 nitrogen and oxygen atoms in total. The van der Waals surface area contributed by atoms with E-state index < -0.39 is 0 Å². The normalized spacial score (nSPS) is 21.1. The number of amides is 1. The number of aromatic nitrogens is 2. The lowest BCUT2D eigenvalue weighted by Gasteiger charge is -2.41. The standard InChI is InChI=1S/C21H27FN4OS/c1-15-14-25(11-12-26(15)20(27)17-5-3-2-4-6-17)21-23-19(24-28-21)13-16-7-9-18(22)10-8-16/h7-10,15,17H,2-6,11-14H2,1H3/t15-/m0/s1. The van der Waals surface area contributed by atoms with Crippen LogP contribution in [0.1, 0.15) is 50.4 Å². The first-order valence-corrected chi connectivity index (χ1v) is 11.0. The van der Waals surface area contributed by atoms with E-state index in [0.29, 0.717) is 12.3 Å². The summed E-state index contributed by atoms with van der Waals surface area (Å²) in [6.07, 6.45) is 6.35. The largest absolute Gasteiger partial charge is 0.343 e. The Bertz CT molecular complexity index is 803. The molecule has 1 aromatic carbocycles. The van der Waals surface area contributed by atoms with Crippen LogP contribution in [-0.4, -0.2) is 45.8 Å². The molecule has 1 saturated carbocycles. The van der Waals surface area contributed by atoms with E-state index in [1.165, 1.54) is 42.9 Å². The van der Waals surface area contributed by atoms with Crippen LogP contribution in [0.4, 0.5) is 9.52 Å². The zero-order valence-corrected chi connectivity index (χ0v) is 17.1. The van der Waals surface area contributed by atoms with E-state index in [0.717, 1.165) is 49.0 Å². The van der Waals surface area contributed by atoms with Crippen molar-refractivity contribution in [3.8, 4) is 0 Å². The van der Waals surface area contributed by atoms with Crippen LogP contribution in [0.5, 0.6) is 0 Å². The van der Waals surface area contributed by atoms with Gasteiger partial charge in [0, 0.05) is 49.5 Å². The molecule has 0 N–H and O–H groups in total. The number of piperazine rings is 1. The molecule has 1 saturated heterocycles. The van der Waals surface area contributed by atoms with Crippen LogP contribution < -0.4 is 4.90 Å². The lowest BCUT2D eigenvalue weighted by Crippen LogP contribution is -2.55. The number of halogens is 1. The third-order valence-electron chi connectivity index (χ3n) is 5.87. The first kappa shape index (κ1) is 19.3. The molecular weight excluding hydrogens is 375 g/mol. The average molecular weight is 403 g/mol. The minimum absolute atomic E-state index is 0.188. The quantitative estimate of drug-likeness (QED) is 0.779. The topological polar surface area (TPSA) is 49.3 Å². The monoisotopic (exact) mass is 402 g/mol. The fourth-order valence-corrected chi connectivity index (χ4v) is 4.99. The average Bonchev–Trinajstić information content (AvgIpc) is 3.18. The highest BCUT2D eigenvalue weighted by molar-refractivity contribution is 7.09. The van der Waals surface area contributed by atoms with Crippen molar-refractivity contribution >= 4 is 22.6 Å². The smallest absolute Gasteiger partial charge is 0.226 e.